The van der Waals surface area contributed by atoms with Crippen molar-refractivity contribution < 1.29 is 0 Å². The fourth-order valence-electron chi connectivity index (χ4n) is 2.71. The molecule has 3 rings (SSSR count). The Morgan fingerprint density at radius 2 is 1.76 bits per heavy atom. The van der Waals surface area contributed by atoms with Crippen LogP contribution in [0.2, 0.25) is 0 Å². The smallest absolute Gasteiger partial charge is 0.152 e. The fraction of sp³-hybridized carbons (Fsp3) is 0.615. The minimum atomic E-state index is 1.07. The van der Waals surface area contributed by atoms with Gasteiger partial charge in [0.05, 0.1) is 5.69 Å². The zero-order valence-electron chi connectivity index (χ0n) is 10.2. The summed E-state index contributed by atoms with van der Waals surface area (Å²) in [5.41, 5.74) is 1.33. The highest BCUT2D eigenvalue weighted by atomic mass is 15.3. The van der Waals surface area contributed by atoms with E-state index in [0.29, 0.717) is 0 Å². The molecule has 0 amide bonds. The summed E-state index contributed by atoms with van der Waals surface area (Å²) in [6, 6.07) is 4.27. The largest absolute Gasteiger partial charge is 0.369 e. The first-order chi connectivity index (χ1) is 8.45. The fourth-order valence-corrected chi connectivity index (χ4v) is 2.71. The summed E-state index contributed by atoms with van der Waals surface area (Å²) in [6.45, 7) is 6.64. The molecular formula is C13H20N4. The zero-order chi connectivity index (χ0) is 11.5. The van der Waals surface area contributed by atoms with E-state index < -0.39 is 0 Å². The minimum absolute atomic E-state index is 1.07. The van der Waals surface area contributed by atoms with Crippen LogP contribution < -0.4 is 15.1 Å². The number of rotatable bonds is 2. The summed E-state index contributed by atoms with van der Waals surface area (Å²) in [6.07, 6.45) is 4.54. The molecule has 0 saturated carbocycles. The Morgan fingerprint density at radius 3 is 2.53 bits per heavy atom. The SMILES string of the molecule is c1cnc(N2CCNCC2)c(N2CCCC2)c1. The predicted molar refractivity (Wildman–Crippen MR) is 70.8 cm³/mol. The van der Waals surface area contributed by atoms with Crippen molar-refractivity contribution in [2.24, 2.45) is 0 Å². The summed E-state index contributed by atoms with van der Waals surface area (Å²) in [5.74, 6) is 1.18. The lowest BCUT2D eigenvalue weighted by molar-refractivity contribution is 0.584. The molecule has 0 spiro atoms. The van der Waals surface area contributed by atoms with Crippen molar-refractivity contribution in [3.05, 3.63) is 18.3 Å². The molecule has 2 fully saturated rings. The maximum atomic E-state index is 4.60. The van der Waals surface area contributed by atoms with Gasteiger partial charge < -0.3 is 15.1 Å². The van der Waals surface area contributed by atoms with E-state index in [-0.39, 0.29) is 0 Å². The van der Waals surface area contributed by atoms with Crippen molar-refractivity contribution >= 4 is 11.5 Å². The van der Waals surface area contributed by atoms with E-state index in [1.807, 2.05) is 6.20 Å². The van der Waals surface area contributed by atoms with Crippen LogP contribution >= 0.6 is 0 Å². The average Bonchev–Trinajstić information content (AvgIpc) is 2.94. The molecule has 2 aliphatic rings. The van der Waals surface area contributed by atoms with Crippen molar-refractivity contribution in [3.63, 3.8) is 0 Å². The van der Waals surface area contributed by atoms with Gasteiger partial charge in [-0.15, -0.1) is 0 Å². The molecule has 3 heterocycles. The van der Waals surface area contributed by atoms with E-state index in [0.717, 1.165) is 26.2 Å². The number of nitrogens with one attached hydrogen (secondary N) is 1. The van der Waals surface area contributed by atoms with E-state index in [2.05, 4.69) is 32.2 Å². The number of aromatic nitrogens is 1. The third-order valence-corrected chi connectivity index (χ3v) is 3.63. The molecule has 0 unspecified atom stereocenters. The van der Waals surface area contributed by atoms with Crippen LogP contribution in [0.1, 0.15) is 12.8 Å². The van der Waals surface area contributed by atoms with Gasteiger partial charge in [-0.25, -0.2) is 4.98 Å². The maximum absolute atomic E-state index is 4.60. The van der Waals surface area contributed by atoms with Crippen LogP contribution in [0.3, 0.4) is 0 Å². The number of piperazine rings is 1. The number of nitrogens with zero attached hydrogens (tertiary/aromatic N) is 3. The quantitative estimate of drug-likeness (QED) is 0.827. The monoisotopic (exact) mass is 232 g/mol. The van der Waals surface area contributed by atoms with Crippen LogP contribution in [-0.4, -0.2) is 44.3 Å². The summed E-state index contributed by atoms with van der Waals surface area (Å²) in [7, 11) is 0. The van der Waals surface area contributed by atoms with Gasteiger partial charge in [0.25, 0.3) is 0 Å². The lowest BCUT2D eigenvalue weighted by Gasteiger charge is -2.32. The van der Waals surface area contributed by atoms with Gasteiger partial charge in [0.1, 0.15) is 0 Å². The molecule has 1 aromatic rings. The Bertz CT molecular complexity index is 367. The van der Waals surface area contributed by atoms with E-state index in [1.54, 1.807) is 0 Å². The minimum Gasteiger partial charge on any atom is -0.369 e. The van der Waals surface area contributed by atoms with Crippen LogP contribution in [0.5, 0.6) is 0 Å². The number of hydrogen-bond donors (Lipinski definition) is 1. The average molecular weight is 232 g/mol. The molecule has 2 saturated heterocycles. The van der Waals surface area contributed by atoms with Gasteiger partial charge in [0.2, 0.25) is 0 Å². The molecule has 0 aliphatic carbocycles. The Labute approximate surface area is 103 Å². The third kappa shape index (κ3) is 2.22. The van der Waals surface area contributed by atoms with Gasteiger partial charge in [-0.05, 0) is 25.0 Å². The Kier molecular flexibility index (Phi) is 3.14. The van der Waals surface area contributed by atoms with Crippen LogP contribution in [-0.2, 0) is 0 Å². The second kappa shape index (κ2) is 4.92. The van der Waals surface area contributed by atoms with E-state index >= 15 is 0 Å². The van der Waals surface area contributed by atoms with Gasteiger partial charge in [0.15, 0.2) is 5.82 Å². The maximum Gasteiger partial charge on any atom is 0.152 e. The number of anilines is 2. The van der Waals surface area contributed by atoms with E-state index in [9.17, 15) is 0 Å². The topological polar surface area (TPSA) is 31.4 Å². The van der Waals surface area contributed by atoms with Crippen LogP contribution in [0.25, 0.3) is 0 Å². The molecule has 17 heavy (non-hydrogen) atoms. The van der Waals surface area contributed by atoms with E-state index in [4.69, 9.17) is 0 Å². The molecule has 0 radical (unpaired) electrons. The van der Waals surface area contributed by atoms with Crippen molar-refractivity contribution in [3.8, 4) is 0 Å². The molecule has 0 atom stereocenters. The molecule has 92 valence electrons. The van der Waals surface area contributed by atoms with Gasteiger partial charge in [-0.2, -0.15) is 0 Å². The molecule has 4 nitrogen and oxygen atoms in total. The standard InChI is InChI=1S/C13H20N4/c1-2-9-16(8-1)12-4-3-5-15-13(12)17-10-6-14-7-11-17/h3-5,14H,1-2,6-11H2. The predicted octanol–water partition coefficient (Wildman–Crippen LogP) is 1.09. The molecule has 1 aromatic heterocycles. The summed E-state index contributed by atoms with van der Waals surface area (Å²) >= 11 is 0. The van der Waals surface area contributed by atoms with Crippen molar-refractivity contribution in [2.75, 3.05) is 49.1 Å². The van der Waals surface area contributed by atoms with Gasteiger partial charge in [0, 0.05) is 45.5 Å². The zero-order valence-corrected chi connectivity index (χ0v) is 10.2. The first kappa shape index (κ1) is 10.8. The molecule has 0 bridgehead atoms. The summed E-state index contributed by atoms with van der Waals surface area (Å²) < 4.78 is 0. The molecular weight excluding hydrogens is 212 g/mol. The van der Waals surface area contributed by atoms with Crippen LogP contribution in [0.4, 0.5) is 11.5 Å². The van der Waals surface area contributed by atoms with Crippen molar-refractivity contribution in [1.82, 2.24) is 10.3 Å². The highest BCUT2D eigenvalue weighted by Crippen LogP contribution is 2.29. The van der Waals surface area contributed by atoms with E-state index in [1.165, 1.54) is 37.4 Å². The van der Waals surface area contributed by atoms with Gasteiger partial charge >= 0.3 is 0 Å². The molecule has 2 aliphatic heterocycles. The normalized spacial score (nSPS) is 20.9. The highest BCUT2D eigenvalue weighted by Gasteiger charge is 2.20. The van der Waals surface area contributed by atoms with Gasteiger partial charge in [-0.3, -0.25) is 0 Å². The highest BCUT2D eigenvalue weighted by molar-refractivity contribution is 5.67. The van der Waals surface area contributed by atoms with Crippen molar-refractivity contribution in [2.45, 2.75) is 12.8 Å². The number of pyridine rings is 1. The molecule has 0 aromatic carbocycles. The first-order valence-electron chi connectivity index (χ1n) is 6.61. The first-order valence-corrected chi connectivity index (χ1v) is 6.61. The summed E-state index contributed by atoms with van der Waals surface area (Å²) in [4.78, 5) is 9.49. The van der Waals surface area contributed by atoms with Crippen LogP contribution in [0, 0.1) is 0 Å². The molecule has 4 heteroatoms. The third-order valence-electron chi connectivity index (χ3n) is 3.63. The second-order valence-corrected chi connectivity index (χ2v) is 4.78. The Balaban J connectivity index is 1.86. The Hall–Kier alpha value is -1.29. The lowest BCUT2D eigenvalue weighted by atomic mass is 10.3. The second-order valence-electron chi connectivity index (χ2n) is 4.78. The summed E-state index contributed by atoms with van der Waals surface area (Å²) in [5, 5.41) is 3.39. The lowest BCUT2D eigenvalue weighted by Crippen LogP contribution is -2.44. The van der Waals surface area contributed by atoms with Crippen molar-refractivity contribution in [1.29, 1.82) is 0 Å². The molecule has 1 N–H and O–H groups in total. The number of hydrogen-bond acceptors (Lipinski definition) is 4. The van der Waals surface area contributed by atoms with Crippen LogP contribution in [0.15, 0.2) is 18.3 Å². The Morgan fingerprint density at radius 1 is 1.00 bits per heavy atom. The van der Waals surface area contributed by atoms with Gasteiger partial charge in [-0.1, -0.05) is 0 Å².